The van der Waals surface area contributed by atoms with Crippen LogP contribution in [-0.2, 0) is 0 Å². The molecule has 2 nitrogen and oxygen atoms in total. The number of para-hydroxylation sites is 2. The van der Waals surface area contributed by atoms with Gasteiger partial charge in [-0.05, 0) is 95.1 Å². The van der Waals surface area contributed by atoms with Crippen molar-refractivity contribution in [1.29, 1.82) is 0 Å². The van der Waals surface area contributed by atoms with E-state index in [4.69, 9.17) is 0 Å². The normalized spacial score (nSPS) is 11.9. The minimum atomic E-state index is 1.16. The van der Waals surface area contributed by atoms with Gasteiger partial charge in [0.2, 0.25) is 0 Å². The molecule has 3 heterocycles. The first-order valence-corrected chi connectivity index (χ1v) is 18.2. The lowest BCUT2D eigenvalue weighted by Gasteiger charge is -2.10. The molecule has 0 saturated heterocycles. The fourth-order valence-corrected chi connectivity index (χ4v) is 9.26. The van der Waals surface area contributed by atoms with Crippen molar-refractivity contribution in [2.75, 3.05) is 0 Å². The fraction of sp³-hybridized carbons (Fsp3) is 0. The van der Waals surface area contributed by atoms with Crippen LogP contribution in [0.2, 0.25) is 0 Å². The predicted octanol–water partition coefficient (Wildman–Crippen LogP) is 13.6. The van der Waals surface area contributed by atoms with Gasteiger partial charge >= 0.3 is 0 Å². The van der Waals surface area contributed by atoms with Crippen molar-refractivity contribution in [2.45, 2.75) is 0 Å². The van der Waals surface area contributed by atoms with Crippen LogP contribution in [0.15, 0.2) is 182 Å². The Labute approximate surface area is 298 Å². The van der Waals surface area contributed by atoms with Crippen LogP contribution in [0, 0.1) is 0 Å². The van der Waals surface area contributed by atoms with Crippen LogP contribution >= 0.6 is 11.3 Å². The minimum Gasteiger partial charge on any atom is -0.309 e. The van der Waals surface area contributed by atoms with Gasteiger partial charge in [0, 0.05) is 53.1 Å². The van der Waals surface area contributed by atoms with Gasteiger partial charge in [-0.15, -0.1) is 11.3 Å². The van der Waals surface area contributed by atoms with E-state index in [1.807, 2.05) is 11.3 Å². The largest absolute Gasteiger partial charge is 0.309 e. The molecule has 0 radical (unpaired) electrons. The molecule has 0 atom stereocenters. The molecule has 0 N–H and O–H groups in total. The van der Waals surface area contributed by atoms with Crippen molar-refractivity contribution in [1.82, 2.24) is 9.13 Å². The van der Waals surface area contributed by atoms with Gasteiger partial charge in [0.15, 0.2) is 0 Å². The SMILES string of the molecule is c1ccc(-c2ccc(-n3c4ccc(-c5ccc6c(c5)c5ccccc5n6-c5ccccc5)cc4c4cc5c(cc43)sc3ccccc35)cc2)cc1. The predicted molar refractivity (Wildman–Crippen MR) is 219 cm³/mol. The summed E-state index contributed by atoms with van der Waals surface area (Å²) < 4.78 is 7.47. The van der Waals surface area contributed by atoms with Crippen LogP contribution in [0.1, 0.15) is 0 Å². The highest BCUT2D eigenvalue weighted by molar-refractivity contribution is 7.25. The summed E-state index contributed by atoms with van der Waals surface area (Å²) in [6.45, 7) is 0. The maximum atomic E-state index is 2.45. The maximum absolute atomic E-state index is 2.45. The van der Waals surface area contributed by atoms with E-state index in [2.05, 4.69) is 191 Å². The van der Waals surface area contributed by atoms with E-state index >= 15 is 0 Å². The molecule has 0 amide bonds. The number of thiophene rings is 1. The quantitative estimate of drug-likeness (QED) is 0.177. The molecule has 3 heteroatoms. The third-order valence-corrected chi connectivity index (χ3v) is 11.7. The van der Waals surface area contributed by atoms with Crippen molar-refractivity contribution in [3.05, 3.63) is 182 Å². The highest BCUT2D eigenvalue weighted by Crippen LogP contribution is 2.42. The maximum Gasteiger partial charge on any atom is 0.0555 e. The van der Waals surface area contributed by atoms with Crippen molar-refractivity contribution in [3.63, 3.8) is 0 Å². The third-order valence-electron chi connectivity index (χ3n) is 10.5. The van der Waals surface area contributed by atoms with Crippen molar-refractivity contribution in [2.24, 2.45) is 0 Å². The second kappa shape index (κ2) is 11.0. The Bertz CT molecular complexity index is 3110. The van der Waals surface area contributed by atoms with Crippen LogP contribution < -0.4 is 0 Å². The van der Waals surface area contributed by atoms with Crippen LogP contribution in [0.3, 0.4) is 0 Å². The first-order chi connectivity index (χ1) is 25.3. The molecule has 0 bridgehead atoms. The molecule has 8 aromatic carbocycles. The Morgan fingerprint density at radius 1 is 0.275 bits per heavy atom. The lowest BCUT2D eigenvalue weighted by Crippen LogP contribution is -1.94. The minimum absolute atomic E-state index is 1.16. The van der Waals surface area contributed by atoms with Gasteiger partial charge in [0.25, 0.3) is 0 Å². The molecular formula is C48H30N2S. The standard InChI is InChI=1S/C48H30N2S/c1-3-11-31(12-4-1)32-19-23-36(24-20-32)50-45-26-22-34(28-40(45)41-29-42-38-16-8-10-18-47(38)51-48(42)30-46(41)50)33-21-25-44-39(27-33)37-15-7-9-17-43(37)49(44)35-13-5-2-6-14-35/h1-30H. The zero-order chi connectivity index (χ0) is 33.5. The Morgan fingerprint density at radius 2 is 0.784 bits per heavy atom. The van der Waals surface area contributed by atoms with E-state index in [1.54, 1.807) is 0 Å². The van der Waals surface area contributed by atoms with Crippen LogP contribution in [0.25, 0.3) is 97.4 Å². The fourth-order valence-electron chi connectivity index (χ4n) is 8.14. The molecule has 0 fully saturated rings. The van der Waals surface area contributed by atoms with Crippen molar-refractivity contribution >= 4 is 75.1 Å². The van der Waals surface area contributed by atoms with Gasteiger partial charge in [0.05, 0.1) is 22.1 Å². The second-order valence-electron chi connectivity index (χ2n) is 13.4. The highest BCUT2D eigenvalue weighted by Gasteiger charge is 2.18. The first-order valence-electron chi connectivity index (χ1n) is 17.4. The molecule has 0 unspecified atom stereocenters. The van der Waals surface area contributed by atoms with Gasteiger partial charge in [0.1, 0.15) is 0 Å². The number of fused-ring (bicyclic) bond motifs is 9. The molecule has 0 saturated carbocycles. The highest BCUT2D eigenvalue weighted by atomic mass is 32.1. The molecular weight excluding hydrogens is 637 g/mol. The lowest BCUT2D eigenvalue weighted by molar-refractivity contribution is 1.18. The summed E-state index contributed by atoms with van der Waals surface area (Å²) in [5, 5.41) is 7.71. The first kappa shape index (κ1) is 28.4. The second-order valence-corrected chi connectivity index (χ2v) is 14.4. The molecule has 11 rings (SSSR count). The Kier molecular flexibility index (Phi) is 6.16. The van der Waals surface area contributed by atoms with Crippen LogP contribution in [0.4, 0.5) is 0 Å². The zero-order valence-electron chi connectivity index (χ0n) is 27.6. The van der Waals surface area contributed by atoms with Crippen molar-refractivity contribution < 1.29 is 0 Å². The van der Waals surface area contributed by atoms with E-state index < -0.39 is 0 Å². The van der Waals surface area contributed by atoms with Crippen LogP contribution in [0.5, 0.6) is 0 Å². The van der Waals surface area contributed by atoms with Gasteiger partial charge in [-0.3, -0.25) is 0 Å². The summed E-state index contributed by atoms with van der Waals surface area (Å²) in [4.78, 5) is 0. The van der Waals surface area contributed by atoms with Gasteiger partial charge < -0.3 is 9.13 Å². The number of benzene rings is 8. The molecule has 0 spiro atoms. The van der Waals surface area contributed by atoms with Gasteiger partial charge in [-0.25, -0.2) is 0 Å². The van der Waals surface area contributed by atoms with Crippen molar-refractivity contribution in [3.8, 4) is 33.6 Å². The van der Waals surface area contributed by atoms with E-state index in [1.165, 1.54) is 91.7 Å². The van der Waals surface area contributed by atoms with Crippen LogP contribution in [-0.4, -0.2) is 9.13 Å². The average Bonchev–Trinajstić information content (AvgIpc) is 3.84. The van der Waals surface area contributed by atoms with Gasteiger partial charge in [-0.1, -0.05) is 109 Å². The summed E-state index contributed by atoms with van der Waals surface area (Å²) in [6.07, 6.45) is 0. The summed E-state index contributed by atoms with van der Waals surface area (Å²) >= 11 is 1.88. The molecule has 238 valence electrons. The molecule has 11 aromatic rings. The molecule has 0 aliphatic carbocycles. The number of aromatic nitrogens is 2. The third kappa shape index (κ3) is 4.35. The average molecular weight is 667 g/mol. The zero-order valence-corrected chi connectivity index (χ0v) is 28.4. The van der Waals surface area contributed by atoms with Gasteiger partial charge in [-0.2, -0.15) is 0 Å². The lowest BCUT2D eigenvalue weighted by atomic mass is 10.00. The molecule has 3 aromatic heterocycles. The summed E-state index contributed by atoms with van der Waals surface area (Å²) in [6, 6.07) is 66.7. The number of hydrogen-bond donors (Lipinski definition) is 0. The summed E-state index contributed by atoms with van der Waals surface area (Å²) in [7, 11) is 0. The van der Waals surface area contributed by atoms with E-state index in [0.29, 0.717) is 0 Å². The number of rotatable bonds is 4. The Balaban J connectivity index is 1.14. The van der Waals surface area contributed by atoms with E-state index in [0.717, 1.165) is 5.69 Å². The van der Waals surface area contributed by atoms with E-state index in [-0.39, 0.29) is 0 Å². The molecule has 51 heavy (non-hydrogen) atoms. The monoisotopic (exact) mass is 666 g/mol. The summed E-state index contributed by atoms with van der Waals surface area (Å²) in [5.74, 6) is 0. The number of nitrogens with zero attached hydrogens (tertiary/aromatic N) is 2. The summed E-state index contributed by atoms with van der Waals surface area (Å²) in [5.41, 5.74) is 12.1. The molecule has 0 aliphatic heterocycles. The Morgan fingerprint density at radius 3 is 1.53 bits per heavy atom. The molecule has 0 aliphatic rings. The smallest absolute Gasteiger partial charge is 0.0555 e. The number of hydrogen-bond acceptors (Lipinski definition) is 1. The Hall–Kier alpha value is -6.42. The van der Waals surface area contributed by atoms with E-state index in [9.17, 15) is 0 Å². The topological polar surface area (TPSA) is 9.86 Å².